The van der Waals surface area contributed by atoms with Crippen LogP contribution in [0.15, 0.2) is 35.9 Å². The Labute approximate surface area is 148 Å². The molecule has 24 heavy (non-hydrogen) atoms. The van der Waals surface area contributed by atoms with Crippen LogP contribution in [-0.4, -0.2) is 57.0 Å². The molecule has 0 heterocycles. The van der Waals surface area contributed by atoms with Gasteiger partial charge in [-0.3, -0.25) is 0 Å². The number of likely N-dealkylation sites (N-methyl/N-ethyl adjacent to an activating group) is 1. The fourth-order valence-electron chi connectivity index (χ4n) is 2.15. The lowest BCUT2D eigenvalue weighted by atomic mass is 10.2. The molecule has 0 aromatic heterocycles. The summed E-state index contributed by atoms with van der Waals surface area (Å²) in [5, 5.41) is 12.2. The Kier molecular flexibility index (Phi) is 14.2. The van der Waals surface area contributed by atoms with Gasteiger partial charge >= 0.3 is 0 Å². The fourth-order valence-corrected chi connectivity index (χ4v) is 2.15. The monoisotopic (exact) mass is 340 g/mol. The first-order valence-corrected chi connectivity index (χ1v) is 8.84. The molecule has 5 heteroatoms. The molecule has 0 saturated carbocycles. The Bertz CT molecular complexity index is 392. The highest BCUT2D eigenvalue weighted by atomic mass is 16.5. The molecule has 0 rings (SSSR count). The fraction of sp³-hybridized carbons (Fsp3) is 0.684. The van der Waals surface area contributed by atoms with E-state index in [9.17, 15) is 0 Å². The van der Waals surface area contributed by atoms with Gasteiger partial charge in [0.05, 0.1) is 20.3 Å². The van der Waals surface area contributed by atoms with Crippen molar-refractivity contribution < 1.29 is 14.6 Å². The van der Waals surface area contributed by atoms with Crippen LogP contribution in [0.4, 0.5) is 0 Å². The quantitative estimate of drug-likeness (QED) is 0.273. The Balaban J connectivity index is 4.55. The number of hydrogen-bond donors (Lipinski definition) is 2. The van der Waals surface area contributed by atoms with E-state index in [1.54, 1.807) is 13.2 Å². The highest BCUT2D eigenvalue weighted by Gasteiger charge is 2.05. The van der Waals surface area contributed by atoms with Gasteiger partial charge < -0.3 is 24.8 Å². The van der Waals surface area contributed by atoms with Gasteiger partial charge in [-0.2, -0.15) is 0 Å². The number of aliphatic hydroxyl groups excluding tert-OH is 1. The van der Waals surface area contributed by atoms with Crippen molar-refractivity contribution in [3.05, 3.63) is 35.9 Å². The van der Waals surface area contributed by atoms with Crippen molar-refractivity contribution in [2.75, 3.05) is 47.0 Å². The second kappa shape index (κ2) is 15.1. The summed E-state index contributed by atoms with van der Waals surface area (Å²) in [7, 11) is 3.61. The Hall–Kier alpha value is -1.46. The zero-order valence-electron chi connectivity index (χ0n) is 15.9. The van der Waals surface area contributed by atoms with E-state index in [4.69, 9.17) is 14.6 Å². The summed E-state index contributed by atoms with van der Waals surface area (Å²) >= 11 is 0. The van der Waals surface area contributed by atoms with Crippen molar-refractivity contribution in [1.29, 1.82) is 0 Å². The minimum Gasteiger partial charge on any atom is -0.493 e. The van der Waals surface area contributed by atoms with Gasteiger partial charge in [0.2, 0.25) is 0 Å². The Morgan fingerprint density at radius 1 is 1.21 bits per heavy atom. The number of hydrogen-bond acceptors (Lipinski definition) is 5. The molecule has 0 radical (unpaired) electrons. The van der Waals surface area contributed by atoms with Crippen LogP contribution in [-0.2, 0) is 9.47 Å². The summed E-state index contributed by atoms with van der Waals surface area (Å²) in [4.78, 5) is 2.07. The average Bonchev–Trinajstić information content (AvgIpc) is 2.55. The lowest BCUT2D eigenvalue weighted by Crippen LogP contribution is -2.30. The molecule has 0 amide bonds. The SMILES string of the molecule is C=C/C(OC)=C(\C=C(/C)NCCN(C)CCO)OCCCCCC. The van der Waals surface area contributed by atoms with Crippen molar-refractivity contribution in [2.45, 2.75) is 39.5 Å². The highest BCUT2D eigenvalue weighted by Crippen LogP contribution is 2.13. The van der Waals surface area contributed by atoms with Crippen LogP contribution < -0.4 is 5.32 Å². The summed E-state index contributed by atoms with van der Waals surface area (Å²) in [6, 6.07) is 0. The van der Waals surface area contributed by atoms with Gasteiger partial charge in [-0.05, 0) is 26.5 Å². The van der Waals surface area contributed by atoms with Gasteiger partial charge in [-0.15, -0.1) is 0 Å². The molecule has 0 atom stereocenters. The molecular weight excluding hydrogens is 304 g/mol. The molecule has 0 fully saturated rings. The molecule has 0 aliphatic carbocycles. The number of unbranched alkanes of at least 4 members (excludes halogenated alkanes) is 3. The van der Waals surface area contributed by atoms with Gasteiger partial charge in [0.25, 0.3) is 0 Å². The van der Waals surface area contributed by atoms with Gasteiger partial charge in [-0.1, -0.05) is 32.8 Å². The molecule has 0 unspecified atom stereocenters. The third kappa shape index (κ3) is 11.1. The standard InChI is InChI=1S/C19H36N2O3/c1-6-8-9-10-15-24-19(18(7-2)23-5)16-17(3)20-11-12-21(4)13-14-22/h7,16,20,22H,2,6,8-15H2,1,3-5H3/b17-16+,19-18-. The molecule has 0 spiro atoms. The molecule has 0 aromatic rings. The first-order valence-electron chi connectivity index (χ1n) is 8.84. The minimum absolute atomic E-state index is 0.181. The second-order valence-corrected chi connectivity index (χ2v) is 5.83. The maximum absolute atomic E-state index is 8.90. The number of nitrogens with zero attached hydrogens (tertiary/aromatic N) is 1. The third-order valence-electron chi connectivity index (χ3n) is 3.63. The number of rotatable bonds is 15. The predicted molar refractivity (Wildman–Crippen MR) is 101 cm³/mol. The largest absolute Gasteiger partial charge is 0.493 e. The maximum atomic E-state index is 8.90. The molecule has 2 N–H and O–H groups in total. The third-order valence-corrected chi connectivity index (χ3v) is 3.63. The van der Waals surface area contributed by atoms with E-state index < -0.39 is 0 Å². The van der Waals surface area contributed by atoms with E-state index in [1.165, 1.54) is 19.3 Å². The predicted octanol–water partition coefficient (Wildman–Crippen LogP) is 3.04. The van der Waals surface area contributed by atoms with Crippen LogP contribution in [0.25, 0.3) is 0 Å². The molecule has 0 aliphatic rings. The lowest BCUT2D eigenvalue weighted by Gasteiger charge is -2.16. The number of methoxy groups -OCH3 is 1. The summed E-state index contributed by atoms with van der Waals surface area (Å²) < 4.78 is 11.2. The van der Waals surface area contributed by atoms with E-state index in [1.807, 2.05) is 20.0 Å². The van der Waals surface area contributed by atoms with E-state index in [2.05, 4.69) is 23.7 Å². The number of nitrogens with one attached hydrogen (secondary N) is 1. The number of aliphatic hydroxyl groups is 1. The van der Waals surface area contributed by atoms with Crippen LogP contribution in [0.3, 0.4) is 0 Å². The summed E-state index contributed by atoms with van der Waals surface area (Å²) in [6.07, 6.45) is 8.29. The molecule has 0 aromatic carbocycles. The summed E-state index contributed by atoms with van der Waals surface area (Å²) in [6.45, 7) is 11.2. The van der Waals surface area contributed by atoms with Crippen LogP contribution in [0, 0.1) is 0 Å². The van der Waals surface area contributed by atoms with Crippen molar-refractivity contribution in [2.24, 2.45) is 0 Å². The smallest absolute Gasteiger partial charge is 0.162 e. The first-order chi connectivity index (χ1) is 11.6. The highest BCUT2D eigenvalue weighted by molar-refractivity contribution is 5.25. The van der Waals surface area contributed by atoms with Gasteiger partial charge in [0, 0.05) is 31.4 Å². The Morgan fingerprint density at radius 2 is 1.96 bits per heavy atom. The summed E-state index contributed by atoms with van der Waals surface area (Å²) in [5.74, 6) is 1.35. The van der Waals surface area contributed by atoms with E-state index >= 15 is 0 Å². The molecule has 0 aliphatic heterocycles. The zero-order chi connectivity index (χ0) is 18.2. The zero-order valence-corrected chi connectivity index (χ0v) is 15.9. The van der Waals surface area contributed by atoms with Gasteiger partial charge in [-0.25, -0.2) is 0 Å². The van der Waals surface area contributed by atoms with Crippen LogP contribution in [0.5, 0.6) is 0 Å². The normalized spacial score (nSPS) is 12.8. The van der Waals surface area contributed by atoms with Crippen molar-refractivity contribution in [1.82, 2.24) is 10.2 Å². The van der Waals surface area contributed by atoms with Crippen LogP contribution in [0.1, 0.15) is 39.5 Å². The van der Waals surface area contributed by atoms with Gasteiger partial charge in [0.15, 0.2) is 11.5 Å². The number of allylic oxidation sites excluding steroid dienone is 3. The van der Waals surface area contributed by atoms with Crippen LogP contribution in [0.2, 0.25) is 0 Å². The van der Waals surface area contributed by atoms with Crippen molar-refractivity contribution in [3.8, 4) is 0 Å². The molecule has 0 saturated heterocycles. The number of ether oxygens (including phenoxy) is 2. The molecule has 5 nitrogen and oxygen atoms in total. The average molecular weight is 341 g/mol. The minimum atomic E-state index is 0.181. The maximum Gasteiger partial charge on any atom is 0.162 e. The van der Waals surface area contributed by atoms with Gasteiger partial charge in [0.1, 0.15) is 0 Å². The van der Waals surface area contributed by atoms with E-state index in [0.717, 1.165) is 25.2 Å². The molecule has 0 bridgehead atoms. The van der Waals surface area contributed by atoms with E-state index in [0.29, 0.717) is 24.7 Å². The summed E-state index contributed by atoms with van der Waals surface area (Å²) in [5.41, 5.74) is 1.01. The second-order valence-electron chi connectivity index (χ2n) is 5.83. The molecular formula is C19H36N2O3. The van der Waals surface area contributed by atoms with Crippen LogP contribution >= 0.6 is 0 Å². The molecule has 140 valence electrons. The Morgan fingerprint density at radius 3 is 2.54 bits per heavy atom. The van der Waals surface area contributed by atoms with E-state index in [-0.39, 0.29) is 6.61 Å². The first kappa shape index (κ1) is 22.5. The lowest BCUT2D eigenvalue weighted by molar-refractivity contribution is 0.188. The van der Waals surface area contributed by atoms with Crippen molar-refractivity contribution >= 4 is 0 Å². The topological polar surface area (TPSA) is 54.0 Å². The van der Waals surface area contributed by atoms with Crippen molar-refractivity contribution in [3.63, 3.8) is 0 Å².